The minimum Gasteiger partial charge on any atom is -0.371 e. The van der Waals surface area contributed by atoms with Crippen LogP contribution in [-0.4, -0.2) is 67.2 Å². The van der Waals surface area contributed by atoms with Crippen molar-refractivity contribution in [3.63, 3.8) is 0 Å². The van der Waals surface area contributed by atoms with E-state index >= 15 is 0 Å². The molecule has 1 N–H and O–H groups in total. The van der Waals surface area contributed by atoms with Gasteiger partial charge in [0.2, 0.25) is 5.91 Å². The fourth-order valence-electron chi connectivity index (χ4n) is 4.11. The Morgan fingerprint density at radius 3 is 2.48 bits per heavy atom. The van der Waals surface area contributed by atoms with Gasteiger partial charge >= 0.3 is 0 Å². The average molecular weight is 468 g/mol. The van der Waals surface area contributed by atoms with Crippen LogP contribution in [0.3, 0.4) is 0 Å². The number of rotatable bonds is 5. The standard InChI is InChI=1S/C20H23ClFN5O3S/c1-31(29,30)14-2-3-16(15(22)10-14)25-17-6-9-27(20(17)28)13-4-7-26(8-5-13)19-12-23-18(21)11-24-19/h2-3,10-13,17,25H,4-9H2,1H3/t17-/m1/s1. The summed E-state index contributed by atoms with van der Waals surface area (Å²) in [7, 11) is -3.49. The second-order valence-corrected chi connectivity index (χ2v) is 10.2. The third-order valence-corrected chi connectivity index (χ3v) is 7.08. The summed E-state index contributed by atoms with van der Waals surface area (Å²) in [6.07, 6.45) is 6.37. The summed E-state index contributed by atoms with van der Waals surface area (Å²) < 4.78 is 37.5. The van der Waals surface area contributed by atoms with E-state index < -0.39 is 21.7 Å². The third-order valence-electron chi connectivity index (χ3n) is 5.77. The van der Waals surface area contributed by atoms with Crippen molar-refractivity contribution in [2.75, 3.05) is 36.1 Å². The highest BCUT2D eigenvalue weighted by atomic mass is 35.5. The molecule has 1 aromatic heterocycles. The van der Waals surface area contributed by atoms with Gasteiger partial charge in [0.05, 0.1) is 23.0 Å². The van der Waals surface area contributed by atoms with E-state index in [2.05, 4.69) is 20.2 Å². The normalized spacial score (nSPS) is 20.4. The second kappa shape index (κ2) is 8.58. The topological polar surface area (TPSA) is 95.5 Å². The van der Waals surface area contributed by atoms with Crippen LogP contribution in [0.25, 0.3) is 0 Å². The van der Waals surface area contributed by atoms with Crippen molar-refractivity contribution in [1.29, 1.82) is 0 Å². The zero-order valence-corrected chi connectivity index (χ0v) is 18.5. The Morgan fingerprint density at radius 1 is 1.13 bits per heavy atom. The van der Waals surface area contributed by atoms with E-state index in [4.69, 9.17) is 11.6 Å². The Labute approximate surface area is 185 Å². The van der Waals surface area contributed by atoms with Gasteiger partial charge in [0, 0.05) is 31.9 Å². The van der Waals surface area contributed by atoms with E-state index in [0.29, 0.717) is 18.1 Å². The number of piperidine rings is 1. The number of aromatic nitrogens is 2. The van der Waals surface area contributed by atoms with Crippen molar-refractivity contribution >= 4 is 38.9 Å². The molecule has 1 atom stereocenters. The van der Waals surface area contributed by atoms with E-state index in [1.165, 1.54) is 18.3 Å². The molecular formula is C20H23ClFN5O3S. The number of halogens is 2. The van der Waals surface area contributed by atoms with Crippen LogP contribution in [0.5, 0.6) is 0 Å². The van der Waals surface area contributed by atoms with Crippen molar-refractivity contribution in [2.24, 2.45) is 0 Å². The fourth-order valence-corrected chi connectivity index (χ4v) is 4.84. The van der Waals surface area contributed by atoms with Crippen molar-refractivity contribution in [3.05, 3.63) is 41.6 Å². The van der Waals surface area contributed by atoms with Gasteiger partial charge in [-0.3, -0.25) is 4.79 Å². The predicted octanol–water partition coefficient (Wildman–Crippen LogP) is 2.35. The monoisotopic (exact) mass is 467 g/mol. The molecule has 2 aliphatic heterocycles. The zero-order valence-electron chi connectivity index (χ0n) is 17.0. The Morgan fingerprint density at radius 2 is 1.87 bits per heavy atom. The molecule has 1 amide bonds. The summed E-state index contributed by atoms with van der Waals surface area (Å²) in [5.74, 6) is 0.0195. The lowest BCUT2D eigenvalue weighted by Gasteiger charge is -2.37. The van der Waals surface area contributed by atoms with Gasteiger partial charge in [-0.2, -0.15) is 0 Å². The zero-order chi connectivity index (χ0) is 22.2. The van der Waals surface area contributed by atoms with Gasteiger partial charge < -0.3 is 15.1 Å². The Balaban J connectivity index is 1.36. The number of hydrogen-bond donors (Lipinski definition) is 1. The molecule has 0 radical (unpaired) electrons. The minimum atomic E-state index is -3.49. The van der Waals surface area contributed by atoms with Gasteiger partial charge in [0.15, 0.2) is 9.84 Å². The molecule has 0 aliphatic carbocycles. The van der Waals surface area contributed by atoms with Crippen molar-refractivity contribution < 1.29 is 17.6 Å². The number of nitrogens with zero attached hydrogens (tertiary/aromatic N) is 4. The lowest BCUT2D eigenvalue weighted by molar-refractivity contribution is -0.130. The van der Waals surface area contributed by atoms with E-state index in [0.717, 1.165) is 44.1 Å². The predicted molar refractivity (Wildman–Crippen MR) is 116 cm³/mol. The summed E-state index contributed by atoms with van der Waals surface area (Å²) in [5, 5.41) is 3.29. The maximum Gasteiger partial charge on any atom is 0.245 e. The summed E-state index contributed by atoms with van der Waals surface area (Å²) in [6, 6.07) is 3.28. The molecule has 2 fully saturated rings. The van der Waals surface area contributed by atoms with Gasteiger partial charge in [0.1, 0.15) is 22.8 Å². The minimum absolute atomic E-state index is 0.0590. The summed E-state index contributed by atoms with van der Waals surface area (Å²) in [6.45, 7) is 2.11. The third kappa shape index (κ3) is 4.74. The molecule has 0 spiro atoms. The average Bonchev–Trinajstić information content (AvgIpc) is 3.10. The fraction of sp³-hybridized carbons (Fsp3) is 0.450. The summed E-state index contributed by atoms with van der Waals surface area (Å²) >= 11 is 5.79. The lowest BCUT2D eigenvalue weighted by atomic mass is 10.0. The molecule has 2 saturated heterocycles. The summed E-state index contributed by atoms with van der Waals surface area (Å²) in [4.78, 5) is 25.2. The van der Waals surface area contributed by atoms with Gasteiger partial charge in [-0.05, 0) is 37.5 Å². The van der Waals surface area contributed by atoms with Crippen molar-refractivity contribution in [2.45, 2.75) is 36.2 Å². The van der Waals surface area contributed by atoms with Crippen molar-refractivity contribution in [3.8, 4) is 0 Å². The molecule has 8 nitrogen and oxygen atoms in total. The Hall–Kier alpha value is -2.46. The second-order valence-electron chi connectivity index (χ2n) is 7.85. The molecule has 4 rings (SSSR count). The molecule has 31 heavy (non-hydrogen) atoms. The smallest absolute Gasteiger partial charge is 0.245 e. The number of anilines is 2. The van der Waals surface area contributed by atoms with Crippen LogP contribution in [-0.2, 0) is 14.6 Å². The molecule has 11 heteroatoms. The molecule has 1 aromatic carbocycles. The van der Waals surface area contributed by atoms with Crippen LogP contribution in [0.15, 0.2) is 35.5 Å². The van der Waals surface area contributed by atoms with Gasteiger partial charge in [-0.15, -0.1) is 0 Å². The Bertz CT molecular complexity index is 1070. The van der Waals surface area contributed by atoms with Crippen LogP contribution in [0.4, 0.5) is 15.9 Å². The van der Waals surface area contributed by atoms with Crippen LogP contribution in [0.1, 0.15) is 19.3 Å². The molecule has 0 saturated carbocycles. The quantitative estimate of drug-likeness (QED) is 0.721. The first-order valence-electron chi connectivity index (χ1n) is 10.0. The van der Waals surface area contributed by atoms with E-state index in [9.17, 15) is 17.6 Å². The number of likely N-dealkylation sites (tertiary alicyclic amines) is 1. The van der Waals surface area contributed by atoms with Crippen LogP contribution < -0.4 is 10.2 Å². The Kier molecular flexibility index (Phi) is 6.02. The van der Waals surface area contributed by atoms with E-state index in [1.807, 2.05) is 4.90 Å². The molecule has 166 valence electrons. The highest BCUT2D eigenvalue weighted by Gasteiger charge is 2.37. The first-order valence-corrected chi connectivity index (χ1v) is 12.3. The number of carbonyl (C=O) groups is 1. The van der Waals surface area contributed by atoms with Gasteiger partial charge in [-0.25, -0.2) is 22.8 Å². The highest BCUT2D eigenvalue weighted by Crippen LogP contribution is 2.27. The number of nitrogens with one attached hydrogen (secondary N) is 1. The molecule has 2 aliphatic rings. The largest absolute Gasteiger partial charge is 0.371 e. The van der Waals surface area contributed by atoms with Gasteiger partial charge in [0.25, 0.3) is 0 Å². The number of amides is 1. The first kappa shape index (κ1) is 21.8. The molecule has 3 heterocycles. The molecule has 0 unspecified atom stereocenters. The molecule has 0 bridgehead atoms. The maximum atomic E-state index is 14.4. The molecular weight excluding hydrogens is 445 g/mol. The van der Waals surface area contributed by atoms with E-state index in [-0.39, 0.29) is 22.5 Å². The number of carbonyl (C=O) groups excluding carboxylic acids is 1. The summed E-state index contributed by atoms with van der Waals surface area (Å²) in [5.41, 5.74) is 0.128. The maximum absolute atomic E-state index is 14.4. The van der Waals surface area contributed by atoms with Crippen LogP contribution >= 0.6 is 11.6 Å². The van der Waals surface area contributed by atoms with Crippen LogP contribution in [0.2, 0.25) is 5.15 Å². The van der Waals surface area contributed by atoms with E-state index in [1.54, 1.807) is 6.20 Å². The lowest BCUT2D eigenvalue weighted by Crippen LogP contribution is -2.47. The number of benzene rings is 1. The number of hydrogen-bond acceptors (Lipinski definition) is 7. The molecule has 2 aromatic rings. The first-order chi connectivity index (χ1) is 14.7. The van der Waals surface area contributed by atoms with Crippen molar-refractivity contribution in [1.82, 2.24) is 14.9 Å². The van der Waals surface area contributed by atoms with Gasteiger partial charge in [-0.1, -0.05) is 11.6 Å². The number of sulfone groups is 1. The highest BCUT2D eigenvalue weighted by molar-refractivity contribution is 7.90. The van der Waals surface area contributed by atoms with Crippen LogP contribution in [0, 0.1) is 5.82 Å². The SMILES string of the molecule is CS(=O)(=O)c1ccc(N[C@@H]2CCN(C3CCN(c4cnc(Cl)cn4)CC3)C2=O)c(F)c1.